The van der Waals surface area contributed by atoms with Crippen LogP contribution >= 0.6 is 26.6 Å². The number of hydrogen-bond acceptors (Lipinski definition) is 7. The zero-order valence-electron chi connectivity index (χ0n) is 11.1. The maximum absolute atomic E-state index is 11.6. The molecule has 0 saturated carbocycles. The van der Waals surface area contributed by atoms with Crippen molar-refractivity contribution in [3.05, 3.63) is 16.5 Å². The Balaban J connectivity index is 2.40. The molecule has 0 aliphatic carbocycles. The Morgan fingerprint density at radius 2 is 2.05 bits per heavy atom. The van der Waals surface area contributed by atoms with Crippen LogP contribution in [0.15, 0.2) is 20.0 Å². The summed E-state index contributed by atoms with van der Waals surface area (Å²) in [6, 6.07) is 1.00. The van der Waals surface area contributed by atoms with Crippen LogP contribution in [0.1, 0.15) is 17.0 Å². The average Bonchev–Trinajstić information content (AvgIpc) is 2.79. The molecular weight excluding hydrogens is 392 g/mol. The van der Waals surface area contributed by atoms with Gasteiger partial charge < -0.3 is 18.6 Å². The van der Waals surface area contributed by atoms with Gasteiger partial charge in [-0.15, -0.1) is 0 Å². The average molecular weight is 406 g/mol. The van der Waals surface area contributed by atoms with Crippen LogP contribution < -0.4 is 0 Å². The number of rotatable bonds is 9. The Hall–Kier alpha value is -0.610. The first-order chi connectivity index (χ1) is 9.86. The van der Waals surface area contributed by atoms with Crippen molar-refractivity contribution in [1.29, 1.82) is 0 Å². The summed E-state index contributed by atoms with van der Waals surface area (Å²) >= 11 is 2.87. The molecule has 0 aliphatic rings. The zero-order chi connectivity index (χ0) is 15.9. The smallest absolute Gasteiger partial charge is 0.374 e. The van der Waals surface area contributed by atoms with Crippen molar-refractivity contribution in [3.8, 4) is 0 Å². The summed E-state index contributed by atoms with van der Waals surface area (Å²) in [5.41, 5.74) is 0. The van der Waals surface area contributed by atoms with Gasteiger partial charge in [0.2, 0.25) is 5.76 Å². The lowest BCUT2D eigenvalue weighted by molar-refractivity contribution is 0.0358. The van der Waals surface area contributed by atoms with E-state index in [4.69, 9.17) is 29.3 Å². The first-order valence-corrected chi connectivity index (χ1v) is 8.94. The normalized spacial score (nSPS) is 11.6. The lowest BCUT2D eigenvalue weighted by atomic mass is 10.4. The molecule has 0 atom stereocenters. The van der Waals surface area contributed by atoms with Gasteiger partial charge >= 0.3 is 5.97 Å². The fourth-order valence-corrected chi connectivity index (χ4v) is 3.29. The molecule has 1 aromatic rings. The predicted octanol–water partition coefficient (Wildman–Crippen LogP) is 2.18. The van der Waals surface area contributed by atoms with Crippen LogP contribution in [-0.2, 0) is 23.3 Å². The van der Waals surface area contributed by atoms with Gasteiger partial charge in [-0.05, 0) is 15.9 Å². The maximum atomic E-state index is 11.6. The molecule has 1 rings (SSSR count). The van der Waals surface area contributed by atoms with E-state index in [-0.39, 0.29) is 21.9 Å². The van der Waals surface area contributed by atoms with Gasteiger partial charge in [-0.25, -0.2) is 13.2 Å². The van der Waals surface area contributed by atoms with Crippen LogP contribution in [0, 0.1) is 0 Å². The number of halogens is 2. The van der Waals surface area contributed by atoms with Crippen molar-refractivity contribution < 1.29 is 31.8 Å². The van der Waals surface area contributed by atoms with Gasteiger partial charge in [0.05, 0.1) is 19.8 Å². The van der Waals surface area contributed by atoms with Crippen molar-refractivity contribution in [2.45, 2.75) is 11.3 Å². The minimum atomic E-state index is -3.99. The third-order valence-electron chi connectivity index (χ3n) is 2.22. The highest BCUT2D eigenvalue weighted by Gasteiger charge is 2.23. The number of carbonyl (C=O) groups excluding carboxylic acids is 1. The van der Waals surface area contributed by atoms with Gasteiger partial charge in [0.15, 0.2) is 4.67 Å². The highest BCUT2D eigenvalue weighted by molar-refractivity contribution is 9.10. The quantitative estimate of drug-likeness (QED) is 0.353. The Morgan fingerprint density at radius 3 is 2.62 bits per heavy atom. The summed E-state index contributed by atoms with van der Waals surface area (Å²) in [7, 11) is 2.75. The molecule has 0 radical (unpaired) electrons. The second kappa shape index (κ2) is 8.74. The minimum Gasteiger partial charge on any atom is -0.460 e. The molecular formula is C11H14BrClO7S. The molecule has 0 aliphatic heterocycles. The Bertz CT molecular complexity index is 569. The third-order valence-corrected chi connectivity index (χ3v) is 4.40. The van der Waals surface area contributed by atoms with E-state index in [1.54, 1.807) is 7.11 Å². The molecule has 1 aromatic heterocycles. The second-order valence-corrected chi connectivity index (χ2v) is 7.04. The minimum absolute atomic E-state index is 0.118. The number of hydrogen-bond donors (Lipinski definition) is 0. The molecule has 7 nitrogen and oxygen atoms in total. The van der Waals surface area contributed by atoms with Crippen LogP contribution in [0.25, 0.3) is 0 Å². The molecule has 10 heteroatoms. The molecule has 0 aromatic carbocycles. The van der Waals surface area contributed by atoms with Gasteiger partial charge in [0.25, 0.3) is 9.05 Å². The van der Waals surface area contributed by atoms with Gasteiger partial charge in [0.1, 0.15) is 4.90 Å². The van der Waals surface area contributed by atoms with Crippen LogP contribution in [0.3, 0.4) is 0 Å². The molecule has 0 N–H and O–H groups in total. The zero-order valence-corrected chi connectivity index (χ0v) is 14.3. The number of carbonyl (C=O) groups is 1. The molecule has 120 valence electrons. The van der Waals surface area contributed by atoms with E-state index in [1.165, 1.54) is 0 Å². The van der Waals surface area contributed by atoms with Crippen molar-refractivity contribution >= 4 is 41.6 Å². The predicted molar refractivity (Wildman–Crippen MR) is 77.0 cm³/mol. The lowest BCUT2D eigenvalue weighted by Gasteiger charge is -2.04. The lowest BCUT2D eigenvalue weighted by Crippen LogP contribution is -2.09. The van der Waals surface area contributed by atoms with Crippen LogP contribution in [-0.4, -0.2) is 47.9 Å². The third kappa shape index (κ3) is 6.35. The topological polar surface area (TPSA) is 92.0 Å². The maximum Gasteiger partial charge on any atom is 0.374 e. The first kappa shape index (κ1) is 18.4. The van der Waals surface area contributed by atoms with Crippen LogP contribution in [0.5, 0.6) is 0 Å². The van der Waals surface area contributed by atoms with Gasteiger partial charge in [0, 0.05) is 36.9 Å². The van der Waals surface area contributed by atoms with Gasteiger partial charge in [-0.3, -0.25) is 0 Å². The van der Waals surface area contributed by atoms with E-state index >= 15 is 0 Å². The van der Waals surface area contributed by atoms with E-state index in [0.717, 1.165) is 6.07 Å². The van der Waals surface area contributed by atoms with Crippen molar-refractivity contribution in [2.75, 3.05) is 33.5 Å². The number of methoxy groups -OCH3 is 1. The summed E-state index contributed by atoms with van der Waals surface area (Å²) in [5.74, 6) is -1.03. The second-order valence-electron chi connectivity index (χ2n) is 3.78. The number of ether oxygens (including phenoxy) is 3. The monoisotopic (exact) mass is 404 g/mol. The van der Waals surface area contributed by atoms with E-state index < -0.39 is 15.0 Å². The summed E-state index contributed by atoms with van der Waals surface area (Å²) in [6.45, 7) is 1.50. The van der Waals surface area contributed by atoms with Crippen LogP contribution in [0.2, 0.25) is 0 Å². The van der Waals surface area contributed by atoms with E-state index in [0.29, 0.717) is 26.2 Å². The van der Waals surface area contributed by atoms with Gasteiger partial charge in [-0.1, -0.05) is 0 Å². The largest absolute Gasteiger partial charge is 0.460 e. The fraction of sp³-hybridized carbons (Fsp3) is 0.545. The Morgan fingerprint density at radius 1 is 1.33 bits per heavy atom. The van der Waals surface area contributed by atoms with E-state index in [2.05, 4.69) is 15.9 Å². The molecule has 0 bridgehead atoms. The SMILES string of the molecule is COCCOCCCOC(=O)c1cc(S(=O)(=O)Cl)c(Br)o1. The van der Waals surface area contributed by atoms with Crippen molar-refractivity contribution in [1.82, 2.24) is 0 Å². The molecule has 21 heavy (non-hydrogen) atoms. The molecule has 0 spiro atoms. The van der Waals surface area contributed by atoms with E-state index in [9.17, 15) is 13.2 Å². The Kier molecular flexibility index (Phi) is 7.67. The summed E-state index contributed by atoms with van der Waals surface area (Å²) < 4.78 is 42.0. The first-order valence-electron chi connectivity index (χ1n) is 5.84. The van der Waals surface area contributed by atoms with Gasteiger partial charge in [-0.2, -0.15) is 0 Å². The molecule has 0 unspecified atom stereocenters. The molecule has 0 fully saturated rings. The number of furan rings is 1. The summed E-state index contributed by atoms with van der Waals surface area (Å²) in [4.78, 5) is 11.3. The van der Waals surface area contributed by atoms with E-state index in [1.807, 2.05) is 0 Å². The molecule has 1 heterocycles. The molecule has 0 amide bonds. The highest BCUT2D eigenvalue weighted by atomic mass is 79.9. The Labute approximate surface area is 135 Å². The highest BCUT2D eigenvalue weighted by Crippen LogP contribution is 2.29. The summed E-state index contributed by atoms with van der Waals surface area (Å²) in [6.07, 6.45) is 0.498. The van der Waals surface area contributed by atoms with Crippen molar-refractivity contribution in [2.24, 2.45) is 0 Å². The standard InChI is InChI=1S/C11H14BrClO7S/c1-17-5-6-18-3-2-4-19-11(14)8-7-9(10(12)20-8)21(13,15)16/h7H,2-6H2,1H3. The van der Waals surface area contributed by atoms with Crippen LogP contribution in [0.4, 0.5) is 0 Å². The van der Waals surface area contributed by atoms with Crippen molar-refractivity contribution in [3.63, 3.8) is 0 Å². The fourth-order valence-electron chi connectivity index (χ4n) is 1.26. The summed E-state index contributed by atoms with van der Waals surface area (Å²) in [5, 5.41) is 0. The number of esters is 1. The molecule has 0 saturated heterocycles.